The molecule has 0 amide bonds. The molecule has 6 heteroatoms. The summed E-state index contributed by atoms with van der Waals surface area (Å²) in [6.07, 6.45) is 19.9. The molecule has 0 aromatic heterocycles. The summed E-state index contributed by atoms with van der Waals surface area (Å²) in [6.45, 7) is 5.19. The van der Waals surface area contributed by atoms with E-state index in [-0.39, 0.29) is 30.1 Å². The first-order valence-electron chi connectivity index (χ1n) is 13.7. The van der Waals surface area contributed by atoms with Gasteiger partial charge in [-0.05, 0) is 86.1 Å². The van der Waals surface area contributed by atoms with Crippen molar-refractivity contribution in [3.05, 3.63) is 34.4 Å². The van der Waals surface area contributed by atoms with Crippen molar-refractivity contribution < 1.29 is 23.8 Å². The first-order chi connectivity index (χ1) is 17.0. The monoisotopic (exact) mass is 550 g/mol. The van der Waals surface area contributed by atoms with Gasteiger partial charge < -0.3 is 14.2 Å². The fourth-order valence-electron chi connectivity index (χ4n) is 5.57. The van der Waals surface area contributed by atoms with Crippen LogP contribution < -0.4 is 0 Å². The first-order valence-corrected chi connectivity index (χ1v) is 14.5. The third-order valence-corrected chi connectivity index (χ3v) is 8.11. The molecule has 5 atom stereocenters. The molecule has 0 bridgehead atoms. The standard InChI is InChI=1S/C29H43BrO5/c1-3-5-6-12-26(31)25(30)20-24-23-16-15-21(11-7-8-13-28(32)33-4-2)18-22(23)19-27(24)35-29-14-9-10-17-34-29/h7,11,18,20,22-24,27,29H,3-6,8-10,12-17,19H2,1-2H3/t22-,23-,24+,27-,29?/m1/s1. The van der Waals surface area contributed by atoms with Crippen molar-refractivity contribution in [2.24, 2.45) is 17.8 Å². The number of hydrogen-bond donors (Lipinski definition) is 0. The lowest BCUT2D eigenvalue weighted by molar-refractivity contribution is -0.192. The Morgan fingerprint density at radius 2 is 2.03 bits per heavy atom. The Bertz CT molecular complexity index is 780. The molecule has 2 aliphatic carbocycles. The van der Waals surface area contributed by atoms with Crippen LogP contribution >= 0.6 is 15.9 Å². The van der Waals surface area contributed by atoms with Gasteiger partial charge >= 0.3 is 5.97 Å². The minimum atomic E-state index is -0.139. The lowest BCUT2D eigenvalue weighted by atomic mass is 9.78. The average molecular weight is 552 g/mol. The van der Waals surface area contributed by atoms with E-state index in [1.54, 1.807) is 0 Å². The normalized spacial score (nSPS) is 29.2. The van der Waals surface area contributed by atoms with Gasteiger partial charge in [0, 0.05) is 25.4 Å². The molecule has 1 aliphatic heterocycles. The number of carbonyl (C=O) groups is 2. The van der Waals surface area contributed by atoms with Gasteiger partial charge in [-0.15, -0.1) is 0 Å². The van der Waals surface area contributed by atoms with E-state index in [1.807, 2.05) is 6.92 Å². The predicted molar refractivity (Wildman–Crippen MR) is 142 cm³/mol. The topological polar surface area (TPSA) is 61.8 Å². The molecular formula is C29H43BrO5. The largest absolute Gasteiger partial charge is 0.466 e. The second-order valence-electron chi connectivity index (χ2n) is 10.0. The van der Waals surface area contributed by atoms with Crippen molar-refractivity contribution in [1.29, 1.82) is 0 Å². The zero-order valence-electron chi connectivity index (χ0n) is 21.5. The van der Waals surface area contributed by atoms with Crippen LogP contribution in [0.5, 0.6) is 0 Å². The van der Waals surface area contributed by atoms with Gasteiger partial charge in [-0.2, -0.15) is 0 Å². The van der Waals surface area contributed by atoms with E-state index in [2.05, 4.69) is 47.2 Å². The summed E-state index contributed by atoms with van der Waals surface area (Å²) in [4.78, 5) is 24.3. The zero-order valence-corrected chi connectivity index (χ0v) is 23.1. The Morgan fingerprint density at radius 3 is 2.77 bits per heavy atom. The third kappa shape index (κ3) is 8.98. The molecule has 3 rings (SSSR count). The molecule has 0 spiro atoms. The van der Waals surface area contributed by atoms with Crippen molar-refractivity contribution in [1.82, 2.24) is 0 Å². The summed E-state index contributed by atoms with van der Waals surface area (Å²) in [5, 5.41) is 0. The number of allylic oxidation sites excluding steroid dienone is 5. The zero-order chi connectivity index (χ0) is 25.0. The van der Waals surface area contributed by atoms with Crippen LogP contribution in [0.25, 0.3) is 0 Å². The van der Waals surface area contributed by atoms with Gasteiger partial charge in [0.1, 0.15) is 0 Å². The summed E-state index contributed by atoms with van der Waals surface area (Å²) < 4.78 is 18.1. The van der Waals surface area contributed by atoms with Crippen molar-refractivity contribution in [2.45, 2.75) is 103 Å². The molecule has 0 N–H and O–H groups in total. The third-order valence-electron chi connectivity index (χ3n) is 7.40. The number of unbranched alkanes of at least 4 members (excludes halogenated alkanes) is 2. The molecule has 0 aromatic rings. The smallest absolute Gasteiger partial charge is 0.306 e. The Morgan fingerprint density at radius 1 is 1.17 bits per heavy atom. The maximum Gasteiger partial charge on any atom is 0.306 e. The molecular weight excluding hydrogens is 508 g/mol. The van der Waals surface area contributed by atoms with Crippen LogP contribution in [-0.4, -0.2) is 37.4 Å². The molecule has 0 aromatic carbocycles. The van der Waals surface area contributed by atoms with Gasteiger partial charge in [0.05, 0.1) is 17.2 Å². The van der Waals surface area contributed by atoms with Crippen molar-refractivity contribution in [3.63, 3.8) is 0 Å². The summed E-state index contributed by atoms with van der Waals surface area (Å²) >= 11 is 3.61. The van der Waals surface area contributed by atoms with E-state index in [0.717, 1.165) is 64.4 Å². The van der Waals surface area contributed by atoms with Crippen molar-refractivity contribution in [2.75, 3.05) is 13.2 Å². The lowest BCUT2D eigenvalue weighted by Crippen LogP contribution is -2.31. The molecule has 1 unspecified atom stereocenters. The van der Waals surface area contributed by atoms with Gasteiger partial charge in [0.15, 0.2) is 12.1 Å². The number of ether oxygens (including phenoxy) is 3. The highest BCUT2D eigenvalue weighted by molar-refractivity contribution is 9.12. The van der Waals surface area contributed by atoms with E-state index >= 15 is 0 Å². The average Bonchev–Trinajstić information content (AvgIpc) is 3.18. The molecule has 0 radical (unpaired) electrons. The van der Waals surface area contributed by atoms with Gasteiger partial charge in [-0.25, -0.2) is 0 Å². The van der Waals surface area contributed by atoms with Crippen LogP contribution in [0.2, 0.25) is 0 Å². The minimum Gasteiger partial charge on any atom is -0.466 e. The van der Waals surface area contributed by atoms with Crippen LogP contribution in [0.3, 0.4) is 0 Å². The molecule has 1 saturated heterocycles. The van der Waals surface area contributed by atoms with Crippen LogP contribution in [0.4, 0.5) is 0 Å². The van der Waals surface area contributed by atoms with E-state index in [9.17, 15) is 9.59 Å². The number of halogens is 1. The fourth-order valence-corrected chi connectivity index (χ4v) is 6.07. The number of fused-ring (bicyclic) bond motifs is 1. The first kappa shape index (κ1) is 28.3. The van der Waals surface area contributed by atoms with E-state index < -0.39 is 0 Å². The number of hydrogen-bond acceptors (Lipinski definition) is 5. The van der Waals surface area contributed by atoms with E-state index in [4.69, 9.17) is 14.2 Å². The molecule has 1 saturated carbocycles. The Labute approximate surface area is 219 Å². The van der Waals surface area contributed by atoms with Crippen LogP contribution in [0.15, 0.2) is 34.4 Å². The second-order valence-corrected chi connectivity index (χ2v) is 10.9. The van der Waals surface area contributed by atoms with E-state index in [0.29, 0.717) is 42.2 Å². The van der Waals surface area contributed by atoms with Crippen LogP contribution in [0.1, 0.15) is 90.9 Å². The summed E-state index contributed by atoms with van der Waals surface area (Å²) in [5.41, 5.74) is 1.34. The molecule has 3 aliphatic rings. The highest BCUT2D eigenvalue weighted by atomic mass is 79.9. The molecule has 196 valence electrons. The van der Waals surface area contributed by atoms with Gasteiger partial charge in [0.25, 0.3) is 0 Å². The quantitative estimate of drug-likeness (QED) is 0.138. The Kier molecular flexibility index (Phi) is 12.2. The second kappa shape index (κ2) is 15.1. The lowest BCUT2D eigenvalue weighted by Gasteiger charge is -2.30. The maximum absolute atomic E-state index is 12.7. The van der Waals surface area contributed by atoms with Gasteiger partial charge in [-0.1, -0.05) is 49.6 Å². The number of ketones is 1. The number of Topliss-reactive ketones (excluding diaryl/α,β-unsaturated/α-hetero) is 1. The Hall–Kier alpha value is -1.24. The SMILES string of the molecule is CCCCCC(=O)C(Br)=C[C@H]1[C@@H]2CCC(C=CCCC(=O)OCC)=C[C@@H]2C[C@H]1OC1CCCCO1. The van der Waals surface area contributed by atoms with Gasteiger partial charge in [0.2, 0.25) is 0 Å². The highest BCUT2D eigenvalue weighted by Gasteiger charge is 2.44. The van der Waals surface area contributed by atoms with Crippen molar-refractivity contribution in [3.8, 4) is 0 Å². The molecule has 35 heavy (non-hydrogen) atoms. The Balaban J connectivity index is 1.67. The molecule has 5 nitrogen and oxygen atoms in total. The van der Waals surface area contributed by atoms with Crippen LogP contribution in [0, 0.1) is 17.8 Å². The van der Waals surface area contributed by atoms with Crippen LogP contribution in [-0.2, 0) is 23.8 Å². The minimum absolute atomic E-state index is 0.0625. The van der Waals surface area contributed by atoms with E-state index in [1.165, 1.54) is 5.57 Å². The molecule has 1 heterocycles. The molecule has 2 fully saturated rings. The number of carbonyl (C=O) groups excluding carboxylic acids is 2. The van der Waals surface area contributed by atoms with Crippen molar-refractivity contribution >= 4 is 27.7 Å². The summed E-state index contributed by atoms with van der Waals surface area (Å²) in [5.74, 6) is 1.17. The fraction of sp³-hybridized carbons (Fsp3) is 0.724. The highest BCUT2D eigenvalue weighted by Crippen LogP contribution is 2.48. The maximum atomic E-state index is 12.7. The number of esters is 1. The number of rotatable bonds is 13. The summed E-state index contributed by atoms with van der Waals surface area (Å²) in [6, 6.07) is 0. The van der Waals surface area contributed by atoms with Gasteiger partial charge in [-0.3, -0.25) is 9.59 Å². The summed E-state index contributed by atoms with van der Waals surface area (Å²) in [7, 11) is 0. The predicted octanol–water partition coefficient (Wildman–Crippen LogP) is 7.20.